The maximum atomic E-state index is 12.3. The number of benzene rings is 1. The molecule has 3 rings (SSSR count). The van der Waals surface area contributed by atoms with E-state index in [-0.39, 0.29) is 6.03 Å². The van der Waals surface area contributed by atoms with Gasteiger partial charge in [0.05, 0.1) is 0 Å². The number of rotatable bonds is 7. The van der Waals surface area contributed by atoms with Gasteiger partial charge in [0.15, 0.2) is 0 Å². The topological polar surface area (TPSA) is 61.4 Å². The number of anilines is 1. The number of piperazine rings is 1. The van der Waals surface area contributed by atoms with E-state index in [1.165, 1.54) is 11.1 Å². The SMILES string of the molecule is CCCCNC(=O)N1CCN(c2nc(C)nc(CC)c2Cc2ccccc2)CC1. The summed E-state index contributed by atoms with van der Waals surface area (Å²) in [5.41, 5.74) is 3.60. The zero-order valence-corrected chi connectivity index (χ0v) is 17.9. The quantitative estimate of drug-likeness (QED) is 0.728. The van der Waals surface area contributed by atoms with E-state index in [0.717, 1.165) is 62.7 Å². The van der Waals surface area contributed by atoms with Crippen molar-refractivity contribution in [2.45, 2.75) is 46.5 Å². The third kappa shape index (κ3) is 5.46. The van der Waals surface area contributed by atoms with Gasteiger partial charge in [-0.15, -0.1) is 0 Å². The second-order valence-electron chi connectivity index (χ2n) is 7.60. The Morgan fingerprint density at radius 3 is 2.45 bits per heavy atom. The lowest BCUT2D eigenvalue weighted by Gasteiger charge is -2.36. The van der Waals surface area contributed by atoms with Crippen molar-refractivity contribution in [3.63, 3.8) is 0 Å². The van der Waals surface area contributed by atoms with E-state index in [1.54, 1.807) is 0 Å². The van der Waals surface area contributed by atoms with E-state index in [9.17, 15) is 4.79 Å². The van der Waals surface area contributed by atoms with E-state index >= 15 is 0 Å². The zero-order valence-electron chi connectivity index (χ0n) is 17.9. The Kier molecular flexibility index (Phi) is 7.44. The molecule has 0 spiro atoms. The second kappa shape index (κ2) is 10.2. The summed E-state index contributed by atoms with van der Waals surface area (Å²) < 4.78 is 0. The molecule has 1 aliphatic heterocycles. The Balaban J connectivity index is 1.75. The minimum absolute atomic E-state index is 0.0516. The monoisotopic (exact) mass is 395 g/mol. The van der Waals surface area contributed by atoms with Crippen LogP contribution in [0.2, 0.25) is 0 Å². The molecule has 0 aliphatic carbocycles. The van der Waals surface area contributed by atoms with Crippen LogP contribution in [0.5, 0.6) is 0 Å². The highest BCUT2D eigenvalue weighted by atomic mass is 16.2. The molecule has 1 aliphatic rings. The summed E-state index contributed by atoms with van der Waals surface area (Å²) >= 11 is 0. The first kappa shape index (κ1) is 21.1. The highest BCUT2D eigenvalue weighted by Crippen LogP contribution is 2.26. The van der Waals surface area contributed by atoms with Crippen LogP contribution in [0, 0.1) is 6.92 Å². The van der Waals surface area contributed by atoms with E-state index < -0.39 is 0 Å². The minimum atomic E-state index is 0.0516. The normalized spacial score (nSPS) is 14.2. The smallest absolute Gasteiger partial charge is 0.317 e. The Morgan fingerprint density at radius 1 is 1.07 bits per heavy atom. The third-order valence-corrected chi connectivity index (χ3v) is 5.41. The molecule has 1 fully saturated rings. The van der Waals surface area contributed by atoms with Crippen molar-refractivity contribution in [1.29, 1.82) is 0 Å². The lowest BCUT2D eigenvalue weighted by Crippen LogP contribution is -2.52. The maximum absolute atomic E-state index is 12.3. The first-order chi connectivity index (χ1) is 14.1. The molecule has 0 radical (unpaired) electrons. The standard InChI is InChI=1S/C23H33N5O/c1-4-6-12-24-23(29)28-15-13-27(14-16-28)22-20(17-19-10-8-7-9-11-19)21(5-2)25-18(3)26-22/h7-11H,4-6,12-17H2,1-3H3,(H,24,29). The number of aromatic nitrogens is 2. The van der Waals surface area contributed by atoms with E-state index in [2.05, 4.69) is 48.3 Å². The number of amides is 2. The summed E-state index contributed by atoms with van der Waals surface area (Å²) in [6.07, 6.45) is 3.83. The van der Waals surface area contributed by atoms with Crippen LogP contribution in [0.3, 0.4) is 0 Å². The molecule has 0 bridgehead atoms. The molecule has 6 heteroatoms. The number of aryl methyl sites for hydroxylation is 2. The van der Waals surface area contributed by atoms with Crippen molar-refractivity contribution in [2.24, 2.45) is 0 Å². The molecule has 6 nitrogen and oxygen atoms in total. The molecule has 1 aromatic carbocycles. The highest BCUT2D eigenvalue weighted by Gasteiger charge is 2.25. The van der Waals surface area contributed by atoms with Crippen molar-refractivity contribution in [3.8, 4) is 0 Å². The van der Waals surface area contributed by atoms with Gasteiger partial charge in [-0.25, -0.2) is 14.8 Å². The molecule has 0 atom stereocenters. The predicted molar refractivity (Wildman–Crippen MR) is 117 cm³/mol. The zero-order chi connectivity index (χ0) is 20.6. The van der Waals surface area contributed by atoms with Crippen LogP contribution in [-0.4, -0.2) is 53.6 Å². The average Bonchev–Trinajstić information content (AvgIpc) is 2.75. The van der Waals surface area contributed by atoms with Crippen LogP contribution < -0.4 is 10.2 Å². The van der Waals surface area contributed by atoms with Crippen LogP contribution in [0.1, 0.15) is 49.3 Å². The molecule has 1 saturated heterocycles. The van der Waals surface area contributed by atoms with E-state index in [4.69, 9.17) is 9.97 Å². The van der Waals surface area contributed by atoms with E-state index in [1.807, 2.05) is 17.9 Å². The van der Waals surface area contributed by atoms with Crippen molar-refractivity contribution in [3.05, 3.63) is 53.0 Å². The number of carbonyl (C=O) groups excluding carboxylic acids is 1. The molecule has 0 saturated carbocycles. The van der Waals surface area contributed by atoms with Gasteiger partial charge in [-0.1, -0.05) is 50.6 Å². The van der Waals surface area contributed by atoms with Gasteiger partial charge in [-0.3, -0.25) is 0 Å². The molecular formula is C23H33N5O. The fourth-order valence-electron chi connectivity index (χ4n) is 3.78. The summed E-state index contributed by atoms with van der Waals surface area (Å²) in [7, 11) is 0. The van der Waals surface area contributed by atoms with E-state index in [0.29, 0.717) is 13.1 Å². The second-order valence-corrected chi connectivity index (χ2v) is 7.60. The van der Waals surface area contributed by atoms with Gasteiger partial charge < -0.3 is 15.1 Å². The lowest BCUT2D eigenvalue weighted by atomic mass is 10.0. The van der Waals surface area contributed by atoms with Crippen LogP contribution in [-0.2, 0) is 12.8 Å². The lowest BCUT2D eigenvalue weighted by molar-refractivity contribution is 0.194. The van der Waals surface area contributed by atoms with Gasteiger partial charge in [0.2, 0.25) is 0 Å². The maximum Gasteiger partial charge on any atom is 0.317 e. The molecule has 2 heterocycles. The van der Waals surface area contributed by atoms with Crippen LogP contribution in [0.15, 0.2) is 30.3 Å². The van der Waals surface area contributed by atoms with Crippen molar-refractivity contribution < 1.29 is 4.79 Å². The van der Waals surface area contributed by atoms with Crippen molar-refractivity contribution in [1.82, 2.24) is 20.2 Å². The molecule has 2 amide bonds. The Hall–Kier alpha value is -2.63. The fourth-order valence-corrected chi connectivity index (χ4v) is 3.78. The van der Waals surface area contributed by atoms with Gasteiger partial charge in [0.25, 0.3) is 0 Å². The highest BCUT2D eigenvalue weighted by molar-refractivity contribution is 5.74. The summed E-state index contributed by atoms with van der Waals surface area (Å²) in [5.74, 6) is 1.85. The number of nitrogens with zero attached hydrogens (tertiary/aromatic N) is 4. The van der Waals surface area contributed by atoms with Gasteiger partial charge in [-0.2, -0.15) is 0 Å². The van der Waals surface area contributed by atoms with Gasteiger partial charge in [0.1, 0.15) is 11.6 Å². The molecule has 1 aromatic heterocycles. The molecule has 2 aromatic rings. The van der Waals surface area contributed by atoms with Crippen molar-refractivity contribution in [2.75, 3.05) is 37.6 Å². The summed E-state index contributed by atoms with van der Waals surface area (Å²) in [5, 5.41) is 3.02. The van der Waals surface area contributed by atoms with Gasteiger partial charge >= 0.3 is 6.03 Å². The van der Waals surface area contributed by atoms with Crippen LogP contribution in [0.25, 0.3) is 0 Å². The summed E-state index contributed by atoms with van der Waals surface area (Å²) in [4.78, 5) is 26.1. The predicted octanol–water partition coefficient (Wildman–Crippen LogP) is 3.57. The minimum Gasteiger partial charge on any atom is -0.353 e. The molecule has 1 N–H and O–H groups in total. The largest absolute Gasteiger partial charge is 0.353 e. The Bertz CT molecular complexity index is 800. The number of hydrogen-bond donors (Lipinski definition) is 1. The van der Waals surface area contributed by atoms with Crippen LogP contribution in [0.4, 0.5) is 10.6 Å². The average molecular weight is 396 g/mol. The van der Waals surface area contributed by atoms with Crippen LogP contribution >= 0.6 is 0 Å². The van der Waals surface area contributed by atoms with Gasteiger partial charge in [0, 0.05) is 50.4 Å². The molecule has 156 valence electrons. The molecule has 29 heavy (non-hydrogen) atoms. The fraction of sp³-hybridized carbons (Fsp3) is 0.522. The van der Waals surface area contributed by atoms with Crippen molar-refractivity contribution >= 4 is 11.8 Å². The Morgan fingerprint density at radius 2 is 1.79 bits per heavy atom. The summed E-state index contributed by atoms with van der Waals surface area (Å²) in [6.45, 7) is 10.0. The third-order valence-electron chi connectivity index (χ3n) is 5.41. The first-order valence-electron chi connectivity index (χ1n) is 10.8. The van der Waals surface area contributed by atoms with Gasteiger partial charge in [-0.05, 0) is 25.3 Å². The number of hydrogen-bond acceptors (Lipinski definition) is 4. The first-order valence-corrected chi connectivity index (χ1v) is 10.8. The number of carbonyl (C=O) groups is 1. The Labute approximate surface area is 174 Å². The molecular weight excluding hydrogens is 362 g/mol. The number of nitrogens with one attached hydrogen (secondary N) is 1. The number of unbranched alkanes of at least 4 members (excludes halogenated alkanes) is 1. The summed E-state index contributed by atoms with van der Waals surface area (Å²) in [6, 6.07) is 10.6. The molecule has 0 unspecified atom stereocenters. The number of urea groups is 1.